The highest BCUT2D eigenvalue weighted by molar-refractivity contribution is 6.31. The highest BCUT2D eigenvalue weighted by atomic mass is 35.5. The van der Waals surface area contributed by atoms with Gasteiger partial charge in [-0.25, -0.2) is 14.4 Å². The predicted molar refractivity (Wildman–Crippen MR) is 111 cm³/mol. The molecule has 1 aliphatic heterocycles. The van der Waals surface area contributed by atoms with Crippen molar-refractivity contribution in [2.75, 3.05) is 37.8 Å². The molecule has 1 atom stereocenters. The summed E-state index contributed by atoms with van der Waals surface area (Å²) in [5.74, 6) is 0.618. The van der Waals surface area contributed by atoms with Gasteiger partial charge in [0, 0.05) is 36.5 Å². The van der Waals surface area contributed by atoms with Crippen LogP contribution in [0.5, 0.6) is 5.75 Å². The number of ether oxygens (including phenoxy) is 2. The molecule has 1 unspecified atom stereocenters. The lowest BCUT2D eigenvalue weighted by Crippen LogP contribution is -2.39. The van der Waals surface area contributed by atoms with Crippen molar-refractivity contribution >= 4 is 34.0 Å². The van der Waals surface area contributed by atoms with Gasteiger partial charge in [-0.05, 0) is 24.3 Å². The zero-order chi connectivity index (χ0) is 20.4. The molecule has 1 aromatic heterocycles. The summed E-state index contributed by atoms with van der Waals surface area (Å²) in [5, 5.41) is 3.89. The van der Waals surface area contributed by atoms with Gasteiger partial charge < -0.3 is 26.3 Å². The maximum absolute atomic E-state index is 13.5. The standard InChI is InChI=1S/C20H21ClFN5O2/c21-14-7-11(1-2-15(14)22)20-26-17-9-18(16(23)8-13(17)19(24)27-20)29-5-3-12-10-25-4-6-28-12/h1-2,7-9,12,25H,3-6,10,23H2,(H2,24,26,27). The second-order valence-corrected chi connectivity index (χ2v) is 7.21. The third-order valence-electron chi connectivity index (χ3n) is 4.74. The molecule has 0 saturated carbocycles. The number of nitrogens with zero attached hydrogens (tertiary/aromatic N) is 2. The van der Waals surface area contributed by atoms with Gasteiger partial charge in [0.1, 0.15) is 17.4 Å². The van der Waals surface area contributed by atoms with Crippen LogP contribution in [0, 0.1) is 5.82 Å². The molecule has 9 heteroatoms. The van der Waals surface area contributed by atoms with E-state index in [0.29, 0.717) is 46.9 Å². The van der Waals surface area contributed by atoms with Gasteiger partial charge in [-0.15, -0.1) is 0 Å². The van der Waals surface area contributed by atoms with Crippen molar-refractivity contribution in [2.45, 2.75) is 12.5 Å². The molecule has 1 aliphatic rings. The molecule has 1 saturated heterocycles. The molecular weight excluding hydrogens is 397 g/mol. The highest BCUT2D eigenvalue weighted by Gasteiger charge is 2.15. The number of nitrogens with two attached hydrogens (primary N) is 2. The zero-order valence-electron chi connectivity index (χ0n) is 15.6. The fourth-order valence-electron chi connectivity index (χ4n) is 3.19. The fourth-order valence-corrected chi connectivity index (χ4v) is 3.37. The number of rotatable bonds is 5. The van der Waals surface area contributed by atoms with Gasteiger partial charge in [0.25, 0.3) is 0 Å². The number of fused-ring (bicyclic) bond motifs is 1. The van der Waals surface area contributed by atoms with E-state index in [-0.39, 0.29) is 16.9 Å². The Bertz CT molecular complexity index is 1040. The molecule has 7 nitrogen and oxygen atoms in total. The van der Waals surface area contributed by atoms with Crippen LogP contribution in [0.2, 0.25) is 5.02 Å². The smallest absolute Gasteiger partial charge is 0.162 e. The van der Waals surface area contributed by atoms with Crippen LogP contribution in [0.25, 0.3) is 22.3 Å². The summed E-state index contributed by atoms with van der Waals surface area (Å²) in [6, 6.07) is 7.71. The molecule has 0 aliphatic carbocycles. The van der Waals surface area contributed by atoms with Gasteiger partial charge in [-0.1, -0.05) is 11.6 Å². The molecule has 0 bridgehead atoms. The molecule has 2 aromatic carbocycles. The van der Waals surface area contributed by atoms with E-state index >= 15 is 0 Å². The van der Waals surface area contributed by atoms with E-state index in [1.807, 2.05) is 0 Å². The van der Waals surface area contributed by atoms with Gasteiger partial charge in [-0.3, -0.25) is 0 Å². The van der Waals surface area contributed by atoms with Gasteiger partial charge in [-0.2, -0.15) is 0 Å². The Morgan fingerprint density at radius 1 is 1.24 bits per heavy atom. The molecule has 0 spiro atoms. The number of hydrogen-bond donors (Lipinski definition) is 3. The second-order valence-electron chi connectivity index (χ2n) is 6.80. The Balaban J connectivity index is 1.59. The van der Waals surface area contributed by atoms with E-state index in [9.17, 15) is 4.39 Å². The van der Waals surface area contributed by atoms with E-state index in [4.69, 9.17) is 32.5 Å². The average molecular weight is 418 g/mol. The van der Waals surface area contributed by atoms with Crippen LogP contribution in [0.1, 0.15) is 6.42 Å². The van der Waals surface area contributed by atoms with Crippen molar-refractivity contribution in [1.82, 2.24) is 15.3 Å². The zero-order valence-corrected chi connectivity index (χ0v) is 16.4. The Labute approximate surface area is 172 Å². The number of halogens is 2. The number of aromatic nitrogens is 2. The van der Waals surface area contributed by atoms with E-state index in [1.165, 1.54) is 12.1 Å². The maximum Gasteiger partial charge on any atom is 0.162 e. The predicted octanol–water partition coefficient (Wildman–Crippen LogP) is 3.01. The fraction of sp³-hybridized carbons (Fsp3) is 0.300. The Kier molecular flexibility index (Phi) is 5.66. The second kappa shape index (κ2) is 8.36. The molecule has 5 N–H and O–H groups in total. The lowest BCUT2D eigenvalue weighted by Gasteiger charge is -2.23. The minimum absolute atomic E-state index is 0.00878. The van der Waals surface area contributed by atoms with Gasteiger partial charge in [0.15, 0.2) is 5.82 Å². The van der Waals surface area contributed by atoms with Crippen LogP contribution >= 0.6 is 11.6 Å². The van der Waals surface area contributed by atoms with Crippen molar-refractivity contribution < 1.29 is 13.9 Å². The third kappa shape index (κ3) is 4.34. The van der Waals surface area contributed by atoms with Gasteiger partial charge in [0.2, 0.25) is 0 Å². The number of anilines is 2. The minimum atomic E-state index is -0.509. The lowest BCUT2D eigenvalue weighted by molar-refractivity contribution is 0.0159. The summed E-state index contributed by atoms with van der Waals surface area (Å²) >= 11 is 5.88. The summed E-state index contributed by atoms with van der Waals surface area (Å²) in [7, 11) is 0. The summed E-state index contributed by atoms with van der Waals surface area (Å²) in [6.07, 6.45) is 0.869. The quantitative estimate of drug-likeness (QED) is 0.547. The molecule has 4 rings (SSSR count). The molecule has 0 radical (unpaired) electrons. The average Bonchev–Trinajstić information content (AvgIpc) is 2.72. The summed E-state index contributed by atoms with van der Waals surface area (Å²) in [6.45, 7) is 2.85. The molecule has 2 heterocycles. The van der Waals surface area contributed by atoms with Crippen molar-refractivity contribution in [3.63, 3.8) is 0 Å². The first-order valence-electron chi connectivity index (χ1n) is 9.28. The van der Waals surface area contributed by atoms with E-state index in [1.54, 1.807) is 18.2 Å². The SMILES string of the molecule is Nc1cc2c(N)nc(-c3ccc(F)c(Cl)c3)nc2cc1OCCC1CNCCO1. The molecule has 1 fully saturated rings. The number of morpholine rings is 1. The van der Waals surface area contributed by atoms with Gasteiger partial charge in [0.05, 0.1) is 35.5 Å². The molecule has 29 heavy (non-hydrogen) atoms. The topological polar surface area (TPSA) is 108 Å². The summed E-state index contributed by atoms with van der Waals surface area (Å²) in [4.78, 5) is 8.84. The first-order chi connectivity index (χ1) is 14.0. The van der Waals surface area contributed by atoms with E-state index in [0.717, 1.165) is 19.5 Å². The van der Waals surface area contributed by atoms with Crippen LogP contribution in [-0.2, 0) is 4.74 Å². The first-order valence-corrected chi connectivity index (χ1v) is 9.66. The largest absolute Gasteiger partial charge is 0.491 e. The Morgan fingerprint density at radius 2 is 2.10 bits per heavy atom. The van der Waals surface area contributed by atoms with Crippen LogP contribution in [-0.4, -0.2) is 42.4 Å². The normalized spacial score (nSPS) is 16.8. The van der Waals surface area contributed by atoms with Crippen LogP contribution < -0.4 is 21.5 Å². The van der Waals surface area contributed by atoms with E-state index < -0.39 is 5.82 Å². The molecular formula is C20H21ClFN5O2. The number of hydrogen-bond acceptors (Lipinski definition) is 7. The maximum atomic E-state index is 13.5. The minimum Gasteiger partial charge on any atom is -0.491 e. The third-order valence-corrected chi connectivity index (χ3v) is 5.03. The van der Waals surface area contributed by atoms with Crippen LogP contribution in [0.3, 0.4) is 0 Å². The Morgan fingerprint density at radius 3 is 2.86 bits per heavy atom. The van der Waals surface area contributed by atoms with E-state index in [2.05, 4.69) is 15.3 Å². The van der Waals surface area contributed by atoms with Crippen molar-refractivity contribution in [3.8, 4) is 17.1 Å². The number of benzene rings is 2. The number of nitrogens with one attached hydrogen (secondary N) is 1. The highest BCUT2D eigenvalue weighted by Crippen LogP contribution is 2.32. The van der Waals surface area contributed by atoms with Crippen molar-refractivity contribution in [2.24, 2.45) is 0 Å². The van der Waals surface area contributed by atoms with Crippen molar-refractivity contribution in [3.05, 3.63) is 41.2 Å². The first kappa shape index (κ1) is 19.6. The summed E-state index contributed by atoms with van der Waals surface area (Å²) < 4.78 is 25.0. The number of nitrogen functional groups attached to an aromatic ring is 2. The van der Waals surface area contributed by atoms with Crippen LogP contribution in [0.15, 0.2) is 30.3 Å². The van der Waals surface area contributed by atoms with Crippen LogP contribution in [0.4, 0.5) is 15.9 Å². The monoisotopic (exact) mass is 417 g/mol. The molecule has 152 valence electrons. The summed E-state index contributed by atoms with van der Waals surface area (Å²) in [5.41, 5.74) is 13.8. The molecule has 0 amide bonds. The van der Waals surface area contributed by atoms with Gasteiger partial charge >= 0.3 is 0 Å². The lowest BCUT2D eigenvalue weighted by atomic mass is 10.1. The van der Waals surface area contributed by atoms with Crippen molar-refractivity contribution in [1.29, 1.82) is 0 Å². The Hall–Kier alpha value is -2.68. The molecule has 3 aromatic rings.